The molecule has 1 atom stereocenters. The minimum Gasteiger partial charge on any atom is -0.311 e. The van der Waals surface area contributed by atoms with Crippen LogP contribution in [0.1, 0.15) is 67.2 Å². The topological polar surface area (TPSA) is 15.3 Å². The van der Waals surface area contributed by atoms with Crippen molar-refractivity contribution >= 4 is 0 Å². The Hall–Kier alpha value is -0.0800. The van der Waals surface area contributed by atoms with Crippen molar-refractivity contribution in [3.05, 3.63) is 0 Å². The third kappa shape index (κ3) is 3.08. The van der Waals surface area contributed by atoms with E-state index in [1.54, 1.807) is 0 Å². The van der Waals surface area contributed by atoms with Gasteiger partial charge in [-0.3, -0.25) is 4.90 Å². The summed E-state index contributed by atoms with van der Waals surface area (Å²) >= 11 is 0. The Balaban J connectivity index is 2.91. The molecule has 0 amide bonds. The molecule has 1 rings (SSSR count). The van der Waals surface area contributed by atoms with Crippen molar-refractivity contribution in [2.45, 2.75) is 84.8 Å². The minimum absolute atomic E-state index is 0.391. The molecule has 0 aromatic carbocycles. The van der Waals surface area contributed by atoms with Gasteiger partial charge in [0.1, 0.15) is 0 Å². The number of hydrogen-bond acceptors (Lipinski definition) is 2. The third-order valence-corrected chi connectivity index (χ3v) is 5.20. The van der Waals surface area contributed by atoms with Crippen LogP contribution in [0, 0.1) is 5.92 Å². The minimum atomic E-state index is 0.391. The molecular weight excluding hydrogens is 220 g/mol. The van der Waals surface area contributed by atoms with E-state index in [9.17, 15) is 0 Å². The Bertz CT molecular complexity index is 229. The zero-order valence-corrected chi connectivity index (χ0v) is 13.4. The Labute approximate surface area is 115 Å². The Kier molecular flexibility index (Phi) is 6.13. The second kappa shape index (κ2) is 6.91. The lowest BCUT2D eigenvalue weighted by molar-refractivity contribution is -0.0148. The van der Waals surface area contributed by atoms with Crippen LogP contribution < -0.4 is 5.32 Å². The molecule has 0 saturated carbocycles. The summed E-state index contributed by atoms with van der Waals surface area (Å²) in [6, 6.07) is 1.42. The second-order valence-electron chi connectivity index (χ2n) is 6.29. The molecule has 18 heavy (non-hydrogen) atoms. The molecule has 0 spiro atoms. The molecular formula is C16H34N2. The first-order chi connectivity index (χ1) is 8.54. The first-order valence-corrected chi connectivity index (χ1v) is 8.04. The van der Waals surface area contributed by atoms with Crippen LogP contribution in [0.5, 0.6) is 0 Å². The van der Waals surface area contributed by atoms with E-state index < -0.39 is 0 Å². The summed E-state index contributed by atoms with van der Waals surface area (Å²) in [4.78, 5) is 2.84. The van der Waals surface area contributed by atoms with Crippen LogP contribution in [0.25, 0.3) is 0 Å². The van der Waals surface area contributed by atoms with Gasteiger partial charge in [0.15, 0.2) is 0 Å². The molecule has 0 aromatic heterocycles. The maximum Gasteiger partial charge on any atom is 0.0332 e. The number of nitrogens with zero attached hydrogens (tertiary/aromatic N) is 1. The molecule has 1 fully saturated rings. The van der Waals surface area contributed by atoms with Crippen LogP contribution in [0.2, 0.25) is 0 Å². The van der Waals surface area contributed by atoms with Gasteiger partial charge in [0.2, 0.25) is 0 Å². The quantitative estimate of drug-likeness (QED) is 0.778. The smallest absolute Gasteiger partial charge is 0.0332 e. The third-order valence-electron chi connectivity index (χ3n) is 5.20. The first-order valence-electron chi connectivity index (χ1n) is 8.04. The average molecular weight is 254 g/mol. The molecule has 1 heterocycles. The van der Waals surface area contributed by atoms with E-state index in [0.29, 0.717) is 11.6 Å². The van der Waals surface area contributed by atoms with E-state index in [0.717, 1.165) is 12.0 Å². The zero-order chi connectivity index (χ0) is 13.8. The predicted octanol–water partition coefficient (Wildman–Crippen LogP) is 3.66. The number of rotatable bonds is 6. The zero-order valence-electron chi connectivity index (χ0n) is 13.4. The highest BCUT2D eigenvalue weighted by molar-refractivity contribution is 5.00. The number of piperazine rings is 1. The standard InChI is InChI=1S/C16H34N2/c1-7-14(8-2)18-11-15(13(5)6)17-12-16(18,9-3)10-4/h13-15,17H,7-12H2,1-6H3. The maximum absolute atomic E-state index is 3.80. The molecule has 0 radical (unpaired) electrons. The average Bonchev–Trinajstić information content (AvgIpc) is 2.40. The summed E-state index contributed by atoms with van der Waals surface area (Å²) < 4.78 is 0. The van der Waals surface area contributed by atoms with Gasteiger partial charge in [0, 0.05) is 30.7 Å². The van der Waals surface area contributed by atoms with Gasteiger partial charge >= 0.3 is 0 Å². The monoisotopic (exact) mass is 254 g/mol. The molecule has 0 aliphatic carbocycles. The summed E-state index contributed by atoms with van der Waals surface area (Å²) in [5.74, 6) is 0.730. The number of nitrogens with one attached hydrogen (secondary N) is 1. The van der Waals surface area contributed by atoms with Crippen LogP contribution in [-0.4, -0.2) is 35.6 Å². The molecule has 108 valence electrons. The molecule has 2 heteroatoms. The first kappa shape index (κ1) is 16.0. The van der Waals surface area contributed by atoms with Gasteiger partial charge in [-0.15, -0.1) is 0 Å². The normalized spacial score (nSPS) is 25.0. The second-order valence-corrected chi connectivity index (χ2v) is 6.29. The summed E-state index contributed by atoms with van der Waals surface area (Å²) in [5.41, 5.74) is 0.391. The van der Waals surface area contributed by atoms with Gasteiger partial charge in [-0.05, 0) is 31.6 Å². The van der Waals surface area contributed by atoms with Gasteiger partial charge < -0.3 is 5.32 Å². The fourth-order valence-electron chi connectivity index (χ4n) is 3.51. The summed E-state index contributed by atoms with van der Waals surface area (Å²) in [7, 11) is 0. The molecule has 0 aromatic rings. The fourth-order valence-corrected chi connectivity index (χ4v) is 3.51. The van der Waals surface area contributed by atoms with Crippen molar-refractivity contribution in [1.29, 1.82) is 0 Å². The van der Waals surface area contributed by atoms with E-state index in [-0.39, 0.29) is 0 Å². The Morgan fingerprint density at radius 3 is 2.06 bits per heavy atom. The van der Waals surface area contributed by atoms with Crippen molar-refractivity contribution in [3.63, 3.8) is 0 Å². The van der Waals surface area contributed by atoms with Gasteiger partial charge in [0.05, 0.1) is 0 Å². The number of hydrogen-bond donors (Lipinski definition) is 1. The largest absolute Gasteiger partial charge is 0.311 e. The molecule has 1 aliphatic heterocycles. The molecule has 2 nitrogen and oxygen atoms in total. The predicted molar refractivity (Wildman–Crippen MR) is 81.0 cm³/mol. The van der Waals surface area contributed by atoms with Crippen LogP contribution in [0.3, 0.4) is 0 Å². The summed E-state index contributed by atoms with van der Waals surface area (Å²) in [6.07, 6.45) is 5.09. The maximum atomic E-state index is 3.80. The summed E-state index contributed by atoms with van der Waals surface area (Å²) in [5, 5.41) is 3.80. The van der Waals surface area contributed by atoms with E-state index in [2.05, 4.69) is 51.8 Å². The van der Waals surface area contributed by atoms with Crippen molar-refractivity contribution in [2.75, 3.05) is 13.1 Å². The lowest BCUT2D eigenvalue weighted by atomic mass is 9.83. The van der Waals surface area contributed by atoms with E-state index in [1.807, 2.05) is 0 Å². The van der Waals surface area contributed by atoms with E-state index in [4.69, 9.17) is 0 Å². The lowest BCUT2D eigenvalue weighted by Gasteiger charge is -2.53. The van der Waals surface area contributed by atoms with Crippen molar-refractivity contribution in [2.24, 2.45) is 5.92 Å². The molecule has 1 N–H and O–H groups in total. The highest BCUT2D eigenvalue weighted by Crippen LogP contribution is 2.32. The van der Waals surface area contributed by atoms with E-state index in [1.165, 1.54) is 38.8 Å². The molecule has 0 bridgehead atoms. The van der Waals surface area contributed by atoms with Crippen molar-refractivity contribution in [3.8, 4) is 0 Å². The van der Waals surface area contributed by atoms with Crippen LogP contribution in [0.4, 0.5) is 0 Å². The Morgan fingerprint density at radius 2 is 1.67 bits per heavy atom. The van der Waals surface area contributed by atoms with Crippen LogP contribution in [-0.2, 0) is 0 Å². The SMILES string of the molecule is CCC(CC)N1CC(C(C)C)NCC1(CC)CC. The van der Waals surface area contributed by atoms with Gasteiger partial charge in [-0.25, -0.2) is 0 Å². The molecule has 1 unspecified atom stereocenters. The summed E-state index contributed by atoms with van der Waals surface area (Å²) in [6.45, 7) is 16.5. The van der Waals surface area contributed by atoms with Gasteiger partial charge in [-0.2, -0.15) is 0 Å². The van der Waals surface area contributed by atoms with Crippen LogP contribution >= 0.6 is 0 Å². The fraction of sp³-hybridized carbons (Fsp3) is 1.00. The lowest BCUT2D eigenvalue weighted by Crippen LogP contribution is -2.67. The highest BCUT2D eigenvalue weighted by Gasteiger charge is 2.41. The Morgan fingerprint density at radius 1 is 1.11 bits per heavy atom. The highest BCUT2D eigenvalue weighted by atomic mass is 15.3. The van der Waals surface area contributed by atoms with Crippen LogP contribution in [0.15, 0.2) is 0 Å². The van der Waals surface area contributed by atoms with E-state index >= 15 is 0 Å². The van der Waals surface area contributed by atoms with Gasteiger partial charge in [-0.1, -0.05) is 41.5 Å². The molecule has 1 saturated heterocycles. The van der Waals surface area contributed by atoms with Crippen molar-refractivity contribution < 1.29 is 0 Å². The van der Waals surface area contributed by atoms with Gasteiger partial charge in [0.25, 0.3) is 0 Å². The van der Waals surface area contributed by atoms with Crippen molar-refractivity contribution in [1.82, 2.24) is 10.2 Å². The molecule has 1 aliphatic rings.